The topological polar surface area (TPSA) is 88.3 Å². The van der Waals surface area contributed by atoms with E-state index in [0.717, 1.165) is 21.5 Å². The number of hydrogen-bond donors (Lipinski definition) is 1. The van der Waals surface area contributed by atoms with Crippen molar-refractivity contribution in [1.82, 2.24) is 19.9 Å². The number of carbonyl (C=O) groups excluding carboxylic acids is 2. The molecule has 1 aliphatic rings. The van der Waals surface area contributed by atoms with Gasteiger partial charge in [-0.3, -0.25) is 14.5 Å². The molecule has 1 aromatic heterocycles. The van der Waals surface area contributed by atoms with Gasteiger partial charge in [-0.25, -0.2) is 4.68 Å². The molecule has 7 nitrogen and oxygen atoms in total. The average Bonchev–Trinajstić information content (AvgIpc) is 3.25. The fourth-order valence-electron chi connectivity index (χ4n) is 3.71. The van der Waals surface area contributed by atoms with E-state index >= 15 is 0 Å². The molecule has 0 atom stereocenters. The molecule has 4 aromatic rings. The highest BCUT2D eigenvalue weighted by molar-refractivity contribution is 6.25. The summed E-state index contributed by atoms with van der Waals surface area (Å²) in [7, 11) is 0. The zero-order chi connectivity index (χ0) is 20.0. The average molecular weight is 384 g/mol. The second-order valence-electron chi connectivity index (χ2n) is 6.80. The zero-order valence-electron chi connectivity index (χ0n) is 15.3. The zero-order valence-corrected chi connectivity index (χ0v) is 15.3. The molecule has 29 heavy (non-hydrogen) atoms. The Balaban J connectivity index is 1.67. The Morgan fingerprint density at radius 3 is 2.48 bits per heavy atom. The summed E-state index contributed by atoms with van der Waals surface area (Å²) in [5.41, 5.74) is 3.21. The molecule has 1 aliphatic heterocycles. The van der Waals surface area contributed by atoms with Crippen LogP contribution < -0.4 is 0 Å². The van der Waals surface area contributed by atoms with Gasteiger partial charge in [-0.1, -0.05) is 47.7 Å². The predicted octanol–water partition coefficient (Wildman–Crippen LogP) is 2.68. The van der Waals surface area contributed by atoms with Gasteiger partial charge in [-0.05, 0) is 23.6 Å². The van der Waals surface area contributed by atoms with E-state index < -0.39 is 5.91 Å². The first-order valence-electron chi connectivity index (χ1n) is 9.19. The number of hydrogen-bond acceptors (Lipinski definition) is 5. The molecule has 1 N–H and O–H groups in total. The third kappa shape index (κ3) is 2.71. The van der Waals surface area contributed by atoms with Gasteiger partial charge < -0.3 is 5.11 Å². The summed E-state index contributed by atoms with van der Waals surface area (Å²) in [4.78, 5) is 26.7. The molecule has 5 rings (SSSR count). The molecule has 142 valence electrons. The maximum Gasteiger partial charge on any atom is 0.261 e. The Morgan fingerprint density at radius 1 is 0.897 bits per heavy atom. The van der Waals surface area contributed by atoms with Crippen molar-refractivity contribution in [3.05, 3.63) is 78.0 Å². The van der Waals surface area contributed by atoms with Crippen molar-refractivity contribution in [2.24, 2.45) is 0 Å². The van der Waals surface area contributed by atoms with Crippen molar-refractivity contribution in [2.45, 2.75) is 0 Å². The summed E-state index contributed by atoms with van der Waals surface area (Å²) in [6, 6.07) is 18.7. The summed E-state index contributed by atoms with van der Waals surface area (Å²) in [6.45, 7) is -0.328. The van der Waals surface area contributed by atoms with Crippen LogP contribution in [0.15, 0.2) is 66.9 Å². The van der Waals surface area contributed by atoms with Crippen LogP contribution in [-0.4, -0.2) is 50.0 Å². The quantitative estimate of drug-likeness (QED) is 0.547. The Kier molecular flexibility index (Phi) is 3.96. The molecular formula is C22H16N4O3. The van der Waals surface area contributed by atoms with E-state index in [2.05, 4.69) is 10.3 Å². The van der Waals surface area contributed by atoms with Crippen LogP contribution in [0.2, 0.25) is 0 Å². The second kappa shape index (κ2) is 6.65. The molecule has 7 heteroatoms. The number of aromatic nitrogens is 3. The number of aliphatic hydroxyl groups is 1. The lowest BCUT2D eigenvalue weighted by Gasteiger charge is -2.27. The van der Waals surface area contributed by atoms with Crippen LogP contribution >= 0.6 is 0 Å². The smallest absolute Gasteiger partial charge is 0.261 e. The highest BCUT2D eigenvalue weighted by atomic mass is 16.3. The van der Waals surface area contributed by atoms with E-state index in [1.54, 1.807) is 29.1 Å². The molecule has 0 bridgehead atoms. The Hall–Kier alpha value is -3.84. The van der Waals surface area contributed by atoms with Crippen molar-refractivity contribution < 1.29 is 14.7 Å². The van der Waals surface area contributed by atoms with Crippen molar-refractivity contribution in [3.63, 3.8) is 0 Å². The van der Waals surface area contributed by atoms with Crippen LogP contribution in [0, 0.1) is 0 Å². The first-order valence-corrected chi connectivity index (χ1v) is 9.19. The molecule has 0 spiro atoms. The summed E-state index contributed by atoms with van der Waals surface area (Å²) < 4.78 is 1.62. The number of amides is 2. The van der Waals surface area contributed by atoms with Gasteiger partial charge in [0.1, 0.15) is 5.69 Å². The molecule has 0 radical (unpaired) electrons. The number of carbonyl (C=O) groups is 2. The number of aliphatic hydroxyl groups excluding tert-OH is 1. The largest absolute Gasteiger partial charge is 0.395 e. The molecule has 2 amide bonds. The Morgan fingerprint density at radius 2 is 1.69 bits per heavy atom. The minimum atomic E-state index is -0.419. The lowest BCUT2D eigenvalue weighted by molar-refractivity contribution is 0.0580. The number of nitrogens with zero attached hydrogens (tertiary/aromatic N) is 4. The van der Waals surface area contributed by atoms with Gasteiger partial charge in [0.15, 0.2) is 0 Å². The van der Waals surface area contributed by atoms with Gasteiger partial charge in [-0.15, -0.1) is 5.10 Å². The van der Waals surface area contributed by atoms with Gasteiger partial charge >= 0.3 is 0 Å². The lowest BCUT2D eigenvalue weighted by Crippen LogP contribution is -2.42. The number of benzene rings is 3. The second-order valence-corrected chi connectivity index (χ2v) is 6.80. The minimum Gasteiger partial charge on any atom is -0.395 e. The first-order chi connectivity index (χ1) is 14.2. The van der Waals surface area contributed by atoms with E-state index in [-0.39, 0.29) is 19.1 Å². The highest BCUT2D eigenvalue weighted by Gasteiger charge is 2.32. The minimum absolute atomic E-state index is 0.0425. The lowest BCUT2D eigenvalue weighted by atomic mass is 9.93. The van der Waals surface area contributed by atoms with Crippen molar-refractivity contribution in [1.29, 1.82) is 0 Å². The fourth-order valence-corrected chi connectivity index (χ4v) is 3.71. The molecule has 0 saturated heterocycles. The molecule has 3 aromatic carbocycles. The number of imide groups is 1. The third-order valence-electron chi connectivity index (χ3n) is 5.06. The fraction of sp³-hybridized carbons (Fsp3) is 0.0909. The van der Waals surface area contributed by atoms with Crippen LogP contribution in [0.4, 0.5) is 0 Å². The van der Waals surface area contributed by atoms with Crippen LogP contribution in [0.1, 0.15) is 20.7 Å². The Labute approximate surface area is 165 Å². The normalized spacial score (nSPS) is 13.3. The predicted molar refractivity (Wildman–Crippen MR) is 107 cm³/mol. The molecule has 0 unspecified atom stereocenters. The maximum atomic E-state index is 13.0. The molecule has 0 aliphatic carbocycles. The van der Waals surface area contributed by atoms with E-state index in [1.165, 1.54) is 0 Å². The van der Waals surface area contributed by atoms with Crippen molar-refractivity contribution >= 4 is 22.6 Å². The van der Waals surface area contributed by atoms with E-state index in [4.69, 9.17) is 0 Å². The highest BCUT2D eigenvalue weighted by Crippen LogP contribution is 2.32. The van der Waals surface area contributed by atoms with Crippen LogP contribution in [0.5, 0.6) is 0 Å². The standard InChI is InChI=1S/C22H16N4O3/c27-10-9-25-21(28)17-8-4-7-15-11-16(12-18(20(15)17)22(25)29)26-13-19(23-24-26)14-5-2-1-3-6-14/h1-8,11-13,27H,9-10H2. The van der Waals surface area contributed by atoms with Gasteiger partial charge in [0.05, 0.1) is 30.6 Å². The third-order valence-corrected chi connectivity index (χ3v) is 5.06. The molecule has 0 fully saturated rings. The summed E-state index contributed by atoms with van der Waals surface area (Å²) in [5.74, 6) is -0.806. The van der Waals surface area contributed by atoms with Crippen LogP contribution in [0.3, 0.4) is 0 Å². The van der Waals surface area contributed by atoms with E-state index in [9.17, 15) is 14.7 Å². The first kappa shape index (κ1) is 17.3. The van der Waals surface area contributed by atoms with Gasteiger partial charge in [0, 0.05) is 16.5 Å². The monoisotopic (exact) mass is 384 g/mol. The number of β-amino-alcohol motifs (C(OH)–C–C–N with tert-alkyl or cyclic N) is 1. The molecular weight excluding hydrogens is 368 g/mol. The summed E-state index contributed by atoms with van der Waals surface area (Å²) >= 11 is 0. The molecule has 2 heterocycles. The van der Waals surface area contributed by atoms with Crippen LogP contribution in [0.25, 0.3) is 27.7 Å². The SMILES string of the molecule is O=C1c2cccc3cc(-n4cc(-c5ccccc5)nn4)cc(c23)C(=O)N1CCO. The number of rotatable bonds is 4. The summed E-state index contributed by atoms with van der Waals surface area (Å²) in [6.07, 6.45) is 1.80. The maximum absolute atomic E-state index is 13.0. The van der Waals surface area contributed by atoms with Crippen molar-refractivity contribution in [3.8, 4) is 16.9 Å². The van der Waals surface area contributed by atoms with Crippen molar-refractivity contribution in [2.75, 3.05) is 13.2 Å². The van der Waals surface area contributed by atoms with Crippen LogP contribution in [-0.2, 0) is 0 Å². The van der Waals surface area contributed by atoms with E-state index in [1.807, 2.05) is 42.5 Å². The Bertz CT molecular complexity index is 1260. The van der Waals surface area contributed by atoms with Gasteiger partial charge in [0.25, 0.3) is 11.8 Å². The van der Waals surface area contributed by atoms with E-state index in [0.29, 0.717) is 22.2 Å². The molecule has 0 saturated carbocycles. The van der Waals surface area contributed by atoms with Gasteiger partial charge in [0.2, 0.25) is 0 Å². The van der Waals surface area contributed by atoms with Gasteiger partial charge in [-0.2, -0.15) is 0 Å². The summed E-state index contributed by atoms with van der Waals surface area (Å²) in [5, 5.41) is 19.1.